The van der Waals surface area contributed by atoms with Crippen LogP contribution in [0.4, 0.5) is 0 Å². The van der Waals surface area contributed by atoms with Crippen LogP contribution in [0.3, 0.4) is 0 Å². The second-order valence-electron chi connectivity index (χ2n) is 6.03. The van der Waals surface area contributed by atoms with Crippen LogP contribution in [0.5, 0.6) is 11.5 Å². The topological polar surface area (TPSA) is 35.5 Å². The maximum absolute atomic E-state index is 13.2. The van der Waals surface area contributed by atoms with E-state index in [2.05, 4.69) is 13.8 Å². The van der Waals surface area contributed by atoms with Crippen LogP contribution in [0.2, 0.25) is 0 Å². The maximum Gasteiger partial charge on any atom is 0.430 e. The molecule has 124 valence electrons. The van der Waals surface area contributed by atoms with Gasteiger partial charge in [-0.05, 0) is 36.6 Å². The molecule has 0 bridgehead atoms. The van der Waals surface area contributed by atoms with E-state index in [4.69, 9.17) is 9.05 Å². The summed E-state index contributed by atoms with van der Waals surface area (Å²) in [5.74, 6) is 1.81. The molecule has 0 aliphatic rings. The molecule has 0 heterocycles. The fourth-order valence-electron chi connectivity index (χ4n) is 2.25. The number of hydrogen-bond donors (Lipinski definition) is 0. The molecule has 0 aliphatic heterocycles. The molecule has 0 spiro atoms. The van der Waals surface area contributed by atoms with Crippen molar-refractivity contribution in [3.63, 3.8) is 0 Å². The zero-order valence-corrected chi connectivity index (χ0v) is 14.7. The Morgan fingerprint density at radius 1 is 0.826 bits per heavy atom. The highest BCUT2D eigenvalue weighted by Crippen LogP contribution is 2.49. The number of hydrogen-bond acceptors (Lipinski definition) is 3. The normalized spacial score (nSPS) is 11.4. The highest BCUT2D eigenvalue weighted by molar-refractivity contribution is 7.54. The SMILES string of the molecule is CC(C)CCCCP(=O)(Oc1ccccc1)Oc1ccccc1. The molecule has 23 heavy (non-hydrogen) atoms. The third-order valence-electron chi connectivity index (χ3n) is 3.44. The monoisotopic (exact) mass is 332 g/mol. The first kappa shape index (κ1) is 17.6. The molecule has 0 aromatic heterocycles. The Kier molecular flexibility index (Phi) is 6.73. The van der Waals surface area contributed by atoms with E-state index >= 15 is 0 Å². The Bertz CT molecular complexity index is 566. The minimum absolute atomic E-state index is 0.420. The van der Waals surface area contributed by atoms with Gasteiger partial charge in [-0.25, -0.2) is 4.57 Å². The minimum atomic E-state index is -3.22. The summed E-state index contributed by atoms with van der Waals surface area (Å²) in [4.78, 5) is 0. The second-order valence-corrected chi connectivity index (χ2v) is 8.07. The molecule has 2 aromatic carbocycles. The molecule has 0 fully saturated rings. The van der Waals surface area contributed by atoms with Gasteiger partial charge >= 0.3 is 7.60 Å². The zero-order chi connectivity index (χ0) is 16.5. The summed E-state index contributed by atoms with van der Waals surface area (Å²) in [5.41, 5.74) is 0. The molecule has 0 saturated carbocycles. The van der Waals surface area contributed by atoms with Gasteiger partial charge in [-0.1, -0.05) is 63.1 Å². The smallest absolute Gasteiger partial charge is 0.416 e. The number of benzene rings is 2. The summed E-state index contributed by atoms with van der Waals surface area (Å²) < 4.78 is 24.6. The quantitative estimate of drug-likeness (QED) is 0.407. The van der Waals surface area contributed by atoms with Gasteiger partial charge in [0.1, 0.15) is 11.5 Å². The van der Waals surface area contributed by atoms with E-state index in [0.717, 1.165) is 19.3 Å². The van der Waals surface area contributed by atoms with Gasteiger partial charge in [-0.3, -0.25) is 0 Å². The molecule has 4 heteroatoms. The van der Waals surface area contributed by atoms with Crippen molar-refractivity contribution >= 4 is 7.60 Å². The highest BCUT2D eigenvalue weighted by atomic mass is 31.2. The molecule has 0 N–H and O–H groups in total. The minimum Gasteiger partial charge on any atom is -0.416 e. The van der Waals surface area contributed by atoms with Gasteiger partial charge in [-0.2, -0.15) is 0 Å². The number of para-hydroxylation sites is 2. The van der Waals surface area contributed by atoms with Crippen LogP contribution in [-0.2, 0) is 4.57 Å². The molecule has 0 unspecified atom stereocenters. The van der Waals surface area contributed by atoms with Crippen LogP contribution in [0.25, 0.3) is 0 Å². The molecule has 0 radical (unpaired) electrons. The molecule has 2 rings (SSSR count). The van der Waals surface area contributed by atoms with Crippen molar-refractivity contribution < 1.29 is 13.6 Å². The van der Waals surface area contributed by atoms with Crippen LogP contribution in [-0.4, -0.2) is 6.16 Å². The van der Waals surface area contributed by atoms with Crippen LogP contribution < -0.4 is 9.05 Å². The molecule has 0 saturated heterocycles. The first-order chi connectivity index (χ1) is 11.1. The first-order valence-electron chi connectivity index (χ1n) is 8.16. The lowest BCUT2D eigenvalue weighted by Gasteiger charge is -2.20. The van der Waals surface area contributed by atoms with Gasteiger partial charge in [0.05, 0.1) is 6.16 Å². The summed E-state index contributed by atoms with van der Waals surface area (Å²) in [6.45, 7) is 4.39. The third-order valence-corrected chi connectivity index (χ3v) is 5.28. The Labute approximate surface area is 139 Å². The van der Waals surface area contributed by atoms with E-state index in [9.17, 15) is 4.57 Å². The Morgan fingerprint density at radius 3 is 1.74 bits per heavy atom. The standard InChI is InChI=1S/C19H25O3P/c1-17(2)11-9-10-16-23(20,21-18-12-5-3-6-13-18)22-19-14-7-4-8-15-19/h3-8,12-15,17H,9-11,16H2,1-2H3. The van der Waals surface area contributed by atoms with Gasteiger partial charge in [0.2, 0.25) is 0 Å². The average molecular weight is 332 g/mol. The lowest BCUT2D eigenvalue weighted by molar-refractivity contribution is 0.382. The van der Waals surface area contributed by atoms with Crippen molar-refractivity contribution in [1.82, 2.24) is 0 Å². The van der Waals surface area contributed by atoms with Crippen molar-refractivity contribution in [2.45, 2.75) is 33.1 Å². The number of rotatable bonds is 9. The average Bonchev–Trinajstić information content (AvgIpc) is 2.53. The summed E-state index contributed by atoms with van der Waals surface area (Å²) in [6.07, 6.45) is 3.40. The van der Waals surface area contributed by atoms with Gasteiger partial charge in [0.25, 0.3) is 0 Å². The second kappa shape index (κ2) is 8.79. The Balaban J connectivity index is 2.05. The van der Waals surface area contributed by atoms with E-state index in [1.807, 2.05) is 36.4 Å². The summed E-state index contributed by atoms with van der Waals surface area (Å²) in [7, 11) is -3.22. The molecule has 2 aromatic rings. The summed E-state index contributed by atoms with van der Waals surface area (Å²) >= 11 is 0. The van der Waals surface area contributed by atoms with Crippen LogP contribution >= 0.6 is 7.60 Å². The fraction of sp³-hybridized carbons (Fsp3) is 0.368. The zero-order valence-electron chi connectivity index (χ0n) is 13.9. The predicted molar refractivity (Wildman–Crippen MR) is 95.3 cm³/mol. The third kappa shape index (κ3) is 6.50. The van der Waals surface area contributed by atoms with Crippen LogP contribution in [0.15, 0.2) is 60.7 Å². The van der Waals surface area contributed by atoms with Crippen LogP contribution in [0.1, 0.15) is 33.1 Å². The molecule has 3 nitrogen and oxygen atoms in total. The van der Waals surface area contributed by atoms with E-state index in [0.29, 0.717) is 23.6 Å². The van der Waals surface area contributed by atoms with E-state index < -0.39 is 7.60 Å². The molecule has 0 atom stereocenters. The van der Waals surface area contributed by atoms with Gasteiger partial charge in [0, 0.05) is 0 Å². The van der Waals surface area contributed by atoms with Gasteiger partial charge in [0.15, 0.2) is 0 Å². The molecule has 0 amide bonds. The first-order valence-corrected chi connectivity index (χ1v) is 9.88. The lowest BCUT2D eigenvalue weighted by Crippen LogP contribution is -2.05. The molecular formula is C19H25O3P. The van der Waals surface area contributed by atoms with Crippen molar-refractivity contribution in [1.29, 1.82) is 0 Å². The van der Waals surface area contributed by atoms with Crippen molar-refractivity contribution in [2.75, 3.05) is 6.16 Å². The van der Waals surface area contributed by atoms with Crippen molar-refractivity contribution in [3.8, 4) is 11.5 Å². The molecular weight excluding hydrogens is 307 g/mol. The number of unbranched alkanes of at least 4 members (excludes halogenated alkanes) is 1. The maximum atomic E-state index is 13.2. The van der Waals surface area contributed by atoms with Crippen LogP contribution in [0, 0.1) is 5.92 Å². The van der Waals surface area contributed by atoms with Crippen molar-refractivity contribution in [2.24, 2.45) is 5.92 Å². The Hall–Kier alpha value is -1.73. The largest absolute Gasteiger partial charge is 0.430 e. The Morgan fingerprint density at radius 2 is 1.30 bits per heavy atom. The van der Waals surface area contributed by atoms with E-state index in [-0.39, 0.29) is 0 Å². The van der Waals surface area contributed by atoms with Crippen molar-refractivity contribution in [3.05, 3.63) is 60.7 Å². The summed E-state index contributed by atoms with van der Waals surface area (Å²) in [6, 6.07) is 18.5. The van der Waals surface area contributed by atoms with Gasteiger partial charge in [-0.15, -0.1) is 0 Å². The van der Waals surface area contributed by atoms with E-state index in [1.54, 1.807) is 24.3 Å². The molecule has 0 aliphatic carbocycles. The highest BCUT2D eigenvalue weighted by Gasteiger charge is 2.27. The van der Waals surface area contributed by atoms with Gasteiger partial charge < -0.3 is 9.05 Å². The fourth-order valence-corrected chi connectivity index (χ4v) is 3.97. The predicted octanol–water partition coefficient (Wildman–Crippen LogP) is 6.16. The lowest BCUT2D eigenvalue weighted by atomic mass is 10.1. The van der Waals surface area contributed by atoms with E-state index in [1.165, 1.54) is 0 Å². The summed E-state index contributed by atoms with van der Waals surface area (Å²) in [5, 5.41) is 0.